The van der Waals surface area contributed by atoms with Gasteiger partial charge in [0.1, 0.15) is 82.1 Å². The van der Waals surface area contributed by atoms with Crippen molar-refractivity contribution in [2.45, 2.75) is 7.43 Å². The minimum Gasteiger partial charge on any atom is -0.107 e. The normalized spacial score (nSPS) is 11.2. The zero-order chi connectivity index (χ0) is 81.9. The van der Waals surface area contributed by atoms with E-state index in [4.69, 9.17) is 8.91 Å². The van der Waals surface area contributed by atoms with Gasteiger partial charge in [0.25, 0.3) is 0 Å². The van der Waals surface area contributed by atoms with Crippen LogP contribution in [-0.2, 0) is 0 Å². The summed E-state index contributed by atoms with van der Waals surface area (Å²) in [4.78, 5) is 0. The van der Waals surface area contributed by atoms with Crippen LogP contribution in [0.5, 0.6) is 0 Å². The predicted octanol–water partition coefficient (Wildman–Crippen LogP) is 14.0. The van der Waals surface area contributed by atoms with E-state index < -0.39 is 249 Å². The molecule has 0 fully saturated rings. The smallest absolute Gasteiger partial charge is 0.107 e. The predicted molar refractivity (Wildman–Crippen MR) is 382 cm³/mol. The van der Waals surface area contributed by atoms with Gasteiger partial charge in [0.05, 0.1) is 0 Å². The first-order valence-electron chi connectivity index (χ1n) is 30.6. The van der Waals surface area contributed by atoms with Crippen molar-refractivity contribution < 1.29 is 182 Å². The van der Waals surface area contributed by atoms with Crippen LogP contribution < -0.4 is 94.5 Å². The molecular weight excluding hydrogens is 1960 g/mol. The summed E-state index contributed by atoms with van der Waals surface area (Å²) < 4.78 is 449. The van der Waals surface area contributed by atoms with Gasteiger partial charge in [-0.05, 0) is 35.4 Å². The van der Waals surface area contributed by atoms with E-state index in [1.807, 2.05) is 36.4 Å². The van der Waals surface area contributed by atoms with Crippen molar-refractivity contribution in [2.24, 2.45) is 0 Å². The van der Waals surface area contributed by atoms with Crippen molar-refractivity contribution in [2.75, 3.05) is 0 Å². The Kier molecular flexibility index (Phi) is 32.4. The molecule has 12 aromatic carbocycles. The standard InChI is InChI=1S/2C26H7BF15.C12H10ClI.C12H10I.CH4.HI.Na/c2*1-2-7-3-5-8(6-4-7)27(9-12(28)18(34)24(40)19(35)13(9)29,10-14(30)20(36)25(41)21(37)15(10)31)11-16(32)22(38)26(42)23(39)17(11)33;13-14(11-7-3-1-4-8-11)12-9-5-2-6-10-12;1-3-7-11(8-4-1)13-12-9-5-2-6-10-12;;;/h2*2-6H,1H2;1-10H;1-10H;1H4;1H;/q2*-1;;+1;;;+1. The van der Waals surface area contributed by atoms with E-state index in [9.17, 15) is 79.0 Å². The Morgan fingerprint density at radius 2 is 0.386 bits per heavy atom. The molecule has 0 bridgehead atoms. The molecule has 12 aromatic rings. The molecule has 0 aliphatic carbocycles. The summed E-state index contributed by atoms with van der Waals surface area (Å²) in [6.45, 7) is 6.61. The third-order valence-electron chi connectivity index (χ3n) is 16.9. The molecule has 0 aromatic heterocycles. The van der Waals surface area contributed by atoms with Gasteiger partial charge in [-0.25, -0.2) is 132 Å². The molecule has 0 amide bonds. The first kappa shape index (κ1) is 94.5. The third kappa shape index (κ3) is 17.2. The van der Waals surface area contributed by atoms with Crippen molar-refractivity contribution in [3.8, 4) is 0 Å². The number of hydrogen-bond donors (Lipinski definition) is 0. The molecule has 0 unspecified atom stereocenters. The summed E-state index contributed by atoms with van der Waals surface area (Å²) in [5, 5.41) is 0. The Hall–Kier alpha value is -8.37. The zero-order valence-electron chi connectivity index (χ0n) is 55.8. The molecule has 0 aliphatic heterocycles. The minimum absolute atomic E-state index is 0. The summed E-state index contributed by atoms with van der Waals surface area (Å²) in [5.41, 5.74) is -19.0. The monoisotopic (exact) mass is 1990 g/mol. The number of halogens is 34. The van der Waals surface area contributed by atoms with Crippen molar-refractivity contribution in [3.63, 3.8) is 0 Å². The fourth-order valence-electron chi connectivity index (χ4n) is 12.0. The van der Waals surface area contributed by atoms with E-state index in [1.54, 1.807) is 0 Å². The van der Waals surface area contributed by atoms with Gasteiger partial charge < -0.3 is 0 Å². The minimum atomic E-state index is -5.77. The van der Waals surface area contributed by atoms with Crippen LogP contribution in [0.25, 0.3) is 12.2 Å². The molecule has 0 radical (unpaired) electrons. The molecule has 0 nitrogen and oxygen atoms in total. The fourth-order valence-corrected chi connectivity index (χ4v) is 18.3. The van der Waals surface area contributed by atoms with Crippen LogP contribution in [-0.4, -0.2) is 12.3 Å². The van der Waals surface area contributed by atoms with Crippen molar-refractivity contribution in [1.82, 2.24) is 0 Å². The van der Waals surface area contributed by atoms with Crippen molar-refractivity contribution >= 4 is 120 Å². The largest absolute Gasteiger partial charge is 1.00 e. The summed E-state index contributed by atoms with van der Waals surface area (Å²) >= 11 is -1.60. The average Bonchev–Trinajstić information content (AvgIpc) is 0.695. The third-order valence-corrected chi connectivity index (χ3v) is 25.5. The molecule has 0 spiro atoms. The quantitative estimate of drug-likeness (QED) is 0.0335. The number of rotatable bonds is 14. The molecule has 37 heteroatoms. The van der Waals surface area contributed by atoms with E-state index in [-0.39, 0.29) is 93.3 Å². The van der Waals surface area contributed by atoms with Crippen LogP contribution in [0.1, 0.15) is 18.6 Å². The van der Waals surface area contributed by atoms with Crippen LogP contribution >= 0.6 is 51.6 Å². The molecule has 0 N–H and O–H groups in total. The maximum atomic E-state index is 15.5. The number of benzene rings is 12. The Morgan fingerprint density at radius 3 is 0.544 bits per heavy atom. The molecule has 0 saturated heterocycles. The molecule has 592 valence electrons. The van der Waals surface area contributed by atoms with Gasteiger partial charge in [0.15, 0.2) is 112 Å². The fraction of sp³-hybridized carbons (Fsp3) is 0.0130. The Bertz CT molecular complexity index is 4740. The van der Waals surface area contributed by atoms with Crippen LogP contribution in [0.3, 0.4) is 0 Å². The molecule has 0 heterocycles. The summed E-state index contributed by atoms with van der Waals surface area (Å²) in [5.74, 6) is -91.3. The molecular formula is C77H39B2ClF30I3Na. The van der Waals surface area contributed by atoms with E-state index in [1.165, 1.54) is 14.3 Å². The molecule has 0 saturated carbocycles. The van der Waals surface area contributed by atoms with Crippen LogP contribution in [0, 0.1) is 189 Å². The van der Waals surface area contributed by atoms with Gasteiger partial charge >= 0.3 is 146 Å². The SMILES string of the molecule is C.C=Cc1ccc([B-](c2c(F)c(F)c(F)c(F)c2F)(c2c(F)c(F)c(F)c(F)c2F)c2c(F)c(F)c(F)c(F)c2F)cc1.C=Cc1ccc([B-](c2c(F)c(F)c(F)c(F)c2F)(c2c(F)c(F)c(F)c(F)c2F)c2c(F)c(F)c(F)c(F)c2F)cc1.ClI(c1ccccc1)c1ccccc1.I.[Na+].c1ccc([I+]c2ccccc2)cc1. The van der Waals surface area contributed by atoms with Crippen molar-refractivity contribution in [1.29, 1.82) is 0 Å². The number of hydrogen-bond acceptors (Lipinski definition) is 0. The first-order valence-corrected chi connectivity index (χ1v) is 37.6. The summed E-state index contributed by atoms with van der Waals surface area (Å²) in [6.07, 6.45) is -9.53. The van der Waals surface area contributed by atoms with E-state index >= 15 is 52.7 Å². The zero-order valence-corrected chi connectivity index (χ0v) is 65.2. The topological polar surface area (TPSA) is 0 Å². The van der Waals surface area contributed by atoms with Crippen LogP contribution in [0.2, 0.25) is 0 Å². The van der Waals surface area contributed by atoms with Crippen molar-refractivity contribution in [3.05, 3.63) is 383 Å². The Morgan fingerprint density at radius 1 is 0.237 bits per heavy atom. The maximum Gasteiger partial charge on any atom is 1.00 e. The maximum absolute atomic E-state index is 15.5. The van der Waals surface area contributed by atoms with Crippen LogP contribution in [0.15, 0.2) is 183 Å². The van der Waals surface area contributed by atoms with Gasteiger partial charge in [0, 0.05) is 0 Å². The molecule has 12 rings (SSSR count). The second-order valence-electron chi connectivity index (χ2n) is 22.9. The second kappa shape index (κ2) is 39.0. The van der Waals surface area contributed by atoms with Gasteiger partial charge in [-0.15, -0.1) is 56.8 Å². The molecule has 114 heavy (non-hydrogen) atoms. The van der Waals surface area contributed by atoms with Crippen LogP contribution in [0.4, 0.5) is 132 Å². The molecule has 0 atom stereocenters. The Balaban J connectivity index is 0.000000262. The van der Waals surface area contributed by atoms with Gasteiger partial charge in [-0.1, -0.05) is 118 Å². The van der Waals surface area contributed by atoms with Gasteiger partial charge in [-0.3, -0.25) is 0 Å². The van der Waals surface area contributed by atoms with E-state index in [0.717, 1.165) is 36.4 Å². The van der Waals surface area contributed by atoms with E-state index in [0.29, 0.717) is 24.3 Å². The molecule has 0 aliphatic rings. The first-order chi connectivity index (χ1) is 52.5. The van der Waals surface area contributed by atoms with Gasteiger partial charge in [-0.2, -0.15) is 10.9 Å². The summed E-state index contributed by atoms with van der Waals surface area (Å²) in [7, 11) is 6.49. The summed E-state index contributed by atoms with van der Waals surface area (Å²) in [6, 6.07) is 46.7. The Labute approximate surface area is 686 Å². The van der Waals surface area contributed by atoms with Gasteiger partial charge in [0.2, 0.25) is 0 Å². The second-order valence-corrected chi connectivity index (χ2v) is 31.7. The average molecular weight is 1990 g/mol. The van der Waals surface area contributed by atoms with E-state index in [2.05, 4.69) is 98.1 Å².